The number of nitrogens with one attached hydrogen (secondary N) is 6. The largest absolute Gasteiger partial charge is 0.323 e. The number of fused-ring (bicyclic) bond motifs is 2. The van der Waals surface area contributed by atoms with Crippen molar-refractivity contribution in [2.45, 2.75) is 29.4 Å². The normalized spacial score (nSPS) is 12.3. The van der Waals surface area contributed by atoms with Gasteiger partial charge in [0.1, 0.15) is 19.6 Å². The van der Waals surface area contributed by atoms with Crippen LogP contribution in [-0.2, 0) is 60.7 Å². The third kappa shape index (κ3) is 13.9. The first kappa shape index (κ1) is 61.0. The van der Waals surface area contributed by atoms with E-state index in [-0.39, 0.29) is 45.0 Å². The van der Waals surface area contributed by atoms with Gasteiger partial charge in [-0.15, -0.1) is 0 Å². The molecule has 0 radical (unpaired) electrons. The zero-order valence-electron chi connectivity index (χ0n) is 41.4. The number of benzene rings is 8. The Morgan fingerprint density at radius 1 is 0.286 bits per heavy atom. The highest BCUT2D eigenvalue weighted by Gasteiger charge is 2.30. The van der Waals surface area contributed by atoms with E-state index < -0.39 is 153 Å². The quantitative estimate of drug-likeness (QED) is 0.0484. The highest BCUT2D eigenvalue weighted by molar-refractivity contribution is 7.88. The maximum Gasteiger partial charge on any atom is 0.323 e. The summed E-state index contributed by atoms with van der Waals surface area (Å²) >= 11 is 0. The Labute approximate surface area is 474 Å². The van der Waals surface area contributed by atoms with Gasteiger partial charge in [0.15, 0.2) is 0 Å². The molecule has 0 atom stereocenters. The van der Waals surface area contributed by atoms with E-state index in [0.29, 0.717) is 36.4 Å². The summed E-state index contributed by atoms with van der Waals surface area (Å²) in [4.78, 5) is 60.1. The predicted octanol–water partition coefficient (Wildman–Crippen LogP) is 6.13. The predicted molar refractivity (Wildman–Crippen MR) is 297 cm³/mol. The third-order valence-electron chi connectivity index (χ3n) is 11.8. The monoisotopic (exact) mass is 1270 g/mol. The minimum absolute atomic E-state index is 0.00837. The van der Waals surface area contributed by atoms with Crippen molar-refractivity contribution < 1.29 is 102 Å². The van der Waals surface area contributed by atoms with Crippen molar-refractivity contribution >= 4 is 146 Å². The molecule has 0 aliphatic carbocycles. The molecule has 0 spiro atoms. The molecule has 6 amide bonds. The van der Waals surface area contributed by atoms with Crippen molar-refractivity contribution in [2.24, 2.45) is 0 Å². The fourth-order valence-corrected chi connectivity index (χ4v) is 12.3. The molecule has 0 saturated carbocycles. The summed E-state index contributed by atoms with van der Waals surface area (Å²) in [5, 5.41) is 11.5. The lowest BCUT2D eigenvalue weighted by atomic mass is 10.1. The summed E-state index contributed by atoms with van der Waals surface area (Å²) in [5.74, 6) is -3.59. The van der Waals surface area contributed by atoms with Crippen LogP contribution in [0.25, 0.3) is 21.5 Å². The van der Waals surface area contributed by atoms with Crippen LogP contribution in [0.4, 0.5) is 38.9 Å². The number of rotatable bonds is 16. The number of anilines is 6. The highest BCUT2D eigenvalue weighted by atomic mass is 32.2. The Morgan fingerprint density at radius 3 is 0.833 bits per heavy atom. The molecular formula is C49H36N6O23S6. The summed E-state index contributed by atoms with van der Waals surface area (Å²) in [6.45, 7) is 0. The Kier molecular flexibility index (Phi) is 16.4. The summed E-state index contributed by atoms with van der Waals surface area (Å²) in [6, 6.07) is 24.9. The summed E-state index contributed by atoms with van der Waals surface area (Å²) in [5.41, 5.74) is -1.33. The van der Waals surface area contributed by atoms with Gasteiger partial charge in [-0.05, 0) is 121 Å². The second kappa shape index (κ2) is 22.6. The van der Waals surface area contributed by atoms with Crippen LogP contribution < -0.4 is 31.9 Å². The zero-order valence-corrected chi connectivity index (χ0v) is 46.3. The van der Waals surface area contributed by atoms with E-state index in [1.165, 1.54) is 84.9 Å². The molecule has 12 N–H and O–H groups in total. The standard InChI is InChI=1S/C49H36N6O23S6/c56-45(50-29-9-1-7-27(17-29)47(58)54-37-13-15-39(81(67,68)69)35-21-33(79(61,62)63)23-41(43(35)37)83(73,74)75)25-5-3-11-31(19-25)52-49(60)53-32-12-4-6-26(20-32)46(57)51-30-10-2-8-28(18-30)48(59)55-38-14-16-40(82(70,71)72)36-22-34(80(64,65)66)24-42(44(36)38)84(76,77)78/h1-24H,(H,50,56)(H,51,57)(H,54,58)(H,55,59)(H2,52,53,60)(H,61,62,63)(H,64,65,66)(H,67,68,69)(H,70,71,72)(H,73,74,75)(H,76,77,78). The van der Waals surface area contributed by atoms with Crippen LogP contribution in [0.15, 0.2) is 175 Å². The van der Waals surface area contributed by atoms with Gasteiger partial charge in [-0.3, -0.25) is 46.5 Å². The molecule has 0 bridgehead atoms. The Bertz CT molecular complexity index is 4600. The number of urea groups is 1. The number of carbonyl (C=O) groups excluding carboxylic acids is 5. The van der Waals surface area contributed by atoms with Crippen LogP contribution in [0.3, 0.4) is 0 Å². The fraction of sp³-hybridized carbons (Fsp3) is 0. The van der Waals surface area contributed by atoms with Gasteiger partial charge in [0.2, 0.25) is 0 Å². The van der Waals surface area contributed by atoms with Gasteiger partial charge in [0, 0.05) is 66.5 Å². The maximum absolute atomic E-state index is 13.6. The van der Waals surface area contributed by atoms with Crippen LogP contribution in [0, 0.1) is 0 Å². The second-order valence-corrected chi connectivity index (χ2v) is 25.9. The fourth-order valence-electron chi connectivity index (χ4n) is 8.19. The van der Waals surface area contributed by atoms with Crippen molar-refractivity contribution in [2.75, 3.05) is 31.9 Å². The van der Waals surface area contributed by atoms with Gasteiger partial charge in [0.25, 0.3) is 84.3 Å². The second-order valence-electron chi connectivity index (χ2n) is 17.5. The van der Waals surface area contributed by atoms with E-state index in [1.807, 2.05) is 0 Å². The van der Waals surface area contributed by atoms with Crippen LogP contribution in [0.1, 0.15) is 41.4 Å². The lowest BCUT2D eigenvalue weighted by Crippen LogP contribution is -2.20. The summed E-state index contributed by atoms with van der Waals surface area (Å²) < 4.78 is 205. The topological polar surface area (TPSA) is 484 Å². The Hall–Kier alpha value is -9.11. The molecule has 29 nitrogen and oxygen atoms in total. The molecule has 8 aromatic rings. The average molecular weight is 1270 g/mol. The molecular weight excluding hydrogens is 1230 g/mol. The van der Waals surface area contributed by atoms with E-state index >= 15 is 0 Å². The van der Waals surface area contributed by atoms with Crippen LogP contribution in [0.5, 0.6) is 0 Å². The summed E-state index contributed by atoms with van der Waals surface area (Å²) in [6.07, 6.45) is 0. The summed E-state index contributed by atoms with van der Waals surface area (Å²) in [7, 11) is -31.8. The lowest BCUT2D eigenvalue weighted by Gasteiger charge is -2.15. The Morgan fingerprint density at radius 2 is 0.560 bits per heavy atom. The molecule has 8 aromatic carbocycles. The van der Waals surface area contributed by atoms with Gasteiger partial charge >= 0.3 is 6.03 Å². The molecule has 0 saturated heterocycles. The molecule has 0 heterocycles. The van der Waals surface area contributed by atoms with Crippen molar-refractivity contribution in [3.8, 4) is 0 Å². The first-order valence-corrected chi connectivity index (χ1v) is 31.4. The minimum atomic E-state index is -5.44. The number of hydrogen-bond donors (Lipinski definition) is 12. The van der Waals surface area contributed by atoms with Crippen molar-refractivity contribution in [3.63, 3.8) is 0 Å². The first-order valence-electron chi connectivity index (χ1n) is 22.8. The van der Waals surface area contributed by atoms with Gasteiger partial charge in [-0.25, -0.2) is 4.79 Å². The number of amides is 6. The van der Waals surface area contributed by atoms with Crippen molar-refractivity contribution in [1.82, 2.24) is 0 Å². The highest BCUT2D eigenvalue weighted by Crippen LogP contribution is 2.39. The third-order valence-corrected chi connectivity index (χ3v) is 17.0. The molecule has 0 aliphatic rings. The Balaban J connectivity index is 0.925. The average Bonchev–Trinajstić information content (AvgIpc) is 1.29. The van der Waals surface area contributed by atoms with Gasteiger partial charge in [-0.2, -0.15) is 50.5 Å². The molecule has 8 rings (SSSR count). The van der Waals surface area contributed by atoms with Gasteiger partial charge < -0.3 is 31.9 Å². The van der Waals surface area contributed by atoms with Crippen LogP contribution >= 0.6 is 0 Å². The number of hydrogen-bond acceptors (Lipinski definition) is 17. The molecule has 0 unspecified atom stereocenters. The molecule has 0 aliphatic heterocycles. The molecule has 0 aromatic heterocycles. The van der Waals surface area contributed by atoms with Crippen molar-refractivity contribution in [1.29, 1.82) is 0 Å². The SMILES string of the molecule is O=C(Nc1cccc(C(=O)Nc2cccc(C(=O)Nc3ccc(S(=O)(=O)O)c4cc(S(=O)(=O)O)cc(S(=O)(=O)O)c34)c2)c1)Nc1cccc(C(=O)Nc2cccc(C(=O)Nc3ccc(S(=O)(=O)O)c4cc(S(=O)(=O)O)cc(S(=O)(=O)O)c34)c2)c1. The van der Waals surface area contributed by atoms with E-state index in [4.69, 9.17) is 0 Å². The van der Waals surface area contributed by atoms with E-state index in [0.717, 1.165) is 24.3 Å². The molecule has 0 fully saturated rings. The van der Waals surface area contributed by atoms with Crippen LogP contribution in [-0.4, -0.2) is 107 Å². The van der Waals surface area contributed by atoms with E-state index in [9.17, 15) is 102 Å². The lowest BCUT2D eigenvalue weighted by molar-refractivity contribution is 0.101. The van der Waals surface area contributed by atoms with Crippen molar-refractivity contribution in [3.05, 3.63) is 168 Å². The first-order chi connectivity index (χ1) is 38.9. The molecule has 436 valence electrons. The minimum Gasteiger partial charge on any atom is -0.322 e. The maximum atomic E-state index is 13.6. The van der Waals surface area contributed by atoms with Crippen LogP contribution in [0.2, 0.25) is 0 Å². The van der Waals surface area contributed by atoms with E-state index in [2.05, 4.69) is 31.9 Å². The zero-order chi connectivity index (χ0) is 61.6. The van der Waals surface area contributed by atoms with Gasteiger partial charge in [0.05, 0.1) is 21.2 Å². The number of carbonyl (C=O) groups is 5. The molecule has 84 heavy (non-hydrogen) atoms. The van der Waals surface area contributed by atoms with Gasteiger partial charge in [-0.1, -0.05) is 24.3 Å². The smallest absolute Gasteiger partial charge is 0.322 e. The van der Waals surface area contributed by atoms with E-state index in [1.54, 1.807) is 0 Å². The molecule has 35 heteroatoms.